The smallest absolute Gasteiger partial charge is 0.129 e. The number of benzene rings is 1. The van der Waals surface area contributed by atoms with Crippen LogP contribution in [0.4, 0.5) is 10.2 Å². The summed E-state index contributed by atoms with van der Waals surface area (Å²) in [5, 5.41) is 4.09. The average Bonchev–Trinajstić information content (AvgIpc) is 3.26. The van der Waals surface area contributed by atoms with Crippen molar-refractivity contribution in [1.82, 2.24) is 4.98 Å². The molecule has 0 aliphatic heterocycles. The third kappa shape index (κ3) is 3.35. The van der Waals surface area contributed by atoms with Gasteiger partial charge in [-0.25, -0.2) is 9.37 Å². The number of aromatic nitrogens is 1. The van der Waals surface area contributed by atoms with Gasteiger partial charge in [0.1, 0.15) is 11.6 Å². The van der Waals surface area contributed by atoms with Gasteiger partial charge in [0.25, 0.3) is 0 Å². The predicted molar refractivity (Wildman–Crippen MR) is 84.4 cm³/mol. The number of anilines is 1. The van der Waals surface area contributed by atoms with Crippen LogP contribution in [-0.2, 0) is 6.42 Å². The lowest BCUT2D eigenvalue weighted by atomic mass is 10.1. The number of aryl methyl sites for hydroxylation is 1. The molecule has 1 heterocycles. The van der Waals surface area contributed by atoms with Gasteiger partial charge in [-0.2, -0.15) is 0 Å². The van der Waals surface area contributed by atoms with Crippen LogP contribution in [0.2, 0.25) is 5.02 Å². The summed E-state index contributed by atoms with van der Waals surface area (Å²) in [6.45, 7) is 2.99. The van der Waals surface area contributed by atoms with Crippen molar-refractivity contribution in [1.29, 1.82) is 0 Å². The van der Waals surface area contributed by atoms with Crippen molar-refractivity contribution in [2.24, 2.45) is 5.92 Å². The van der Waals surface area contributed by atoms with Crippen molar-refractivity contribution in [2.75, 3.05) is 11.9 Å². The molecule has 0 bridgehead atoms. The first-order valence-electron chi connectivity index (χ1n) is 7.31. The lowest BCUT2D eigenvalue weighted by Gasteiger charge is -2.10. The predicted octanol–water partition coefficient (Wildman–Crippen LogP) is 4.65. The Morgan fingerprint density at radius 3 is 2.81 bits per heavy atom. The van der Waals surface area contributed by atoms with Gasteiger partial charge in [-0.15, -0.1) is 0 Å². The molecule has 0 spiro atoms. The van der Waals surface area contributed by atoms with Crippen LogP contribution < -0.4 is 5.32 Å². The minimum absolute atomic E-state index is 0.174. The second-order valence-corrected chi connectivity index (χ2v) is 5.99. The van der Waals surface area contributed by atoms with Crippen molar-refractivity contribution in [3.8, 4) is 0 Å². The lowest BCUT2D eigenvalue weighted by Crippen LogP contribution is -2.08. The minimum atomic E-state index is -0.174. The molecule has 110 valence electrons. The number of pyridine rings is 1. The van der Waals surface area contributed by atoms with Crippen LogP contribution >= 0.6 is 11.6 Å². The van der Waals surface area contributed by atoms with E-state index in [1.807, 2.05) is 18.2 Å². The third-order valence-corrected chi connectivity index (χ3v) is 4.27. The van der Waals surface area contributed by atoms with E-state index in [0.29, 0.717) is 16.9 Å². The lowest BCUT2D eigenvalue weighted by molar-refractivity contribution is 0.627. The topological polar surface area (TPSA) is 24.9 Å². The normalized spacial score (nSPS) is 20.3. The molecule has 2 aromatic rings. The molecule has 1 N–H and O–H groups in total. The molecule has 0 radical (unpaired) electrons. The van der Waals surface area contributed by atoms with E-state index in [4.69, 9.17) is 11.6 Å². The number of halogens is 2. The summed E-state index contributed by atoms with van der Waals surface area (Å²) in [7, 11) is 0. The molecule has 2 atom stereocenters. The second-order valence-electron chi connectivity index (χ2n) is 5.55. The first kappa shape index (κ1) is 14.3. The van der Waals surface area contributed by atoms with Crippen molar-refractivity contribution < 1.29 is 4.39 Å². The van der Waals surface area contributed by atoms with Crippen LogP contribution in [0.25, 0.3) is 0 Å². The fraction of sp³-hybridized carbons (Fsp3) is 0.353. The fourth-order valence-corrected chi connectivity index (χ4v) is 2.91. The van der Waals surface area contributed by atoms with E-state index in [9.17, 15) is 4.39 Å². The highest BCUT2D eigenvalue weighted by atomic mass is 35.5. The molecule has 1 fully saturated rings. The van der Waals surface area contributed by atoms with Crippen LogP contribution in [0.3, 0.4) is 0 Å². The molecular weight excluding hydrogens is 287 g/mol. The minimum Gasteiger partial charge on any atom is -0.370 e. The van der Waals surface area contributed by atoms with Gasteiger partial charge in [-0.05, 0) is 54.0 Å². The summed E-state index contributed by atoms with van der Waals surface area (Å²) in [5.41, 5.74) is 2.37. The summed E-state index contributed by atoms with van der Waals surface area (Å²) in [6.07, 6.45) is 3.73. The molecule has 3 rings (SSSR count). The van der Waals surface area contributed by atoms with Crippen molar-refractivity contribution in [2.45, 2.75) is 25.7 Å². The molecule has 0 saturated heterocycles. The van der Waals surface area contributed by atoms with E-state index in [1.54, 1.807) is 6.20 Å². The van der Waals surface area contributed by atoms with E-state index in [1.165, 1.54) is 17.7 Å². The highest BCUT2D eigenvalue weighted by Crippen LogP contribution is 2.47. The van der Waals surface area contributed by atoms with Crippen LogP contribution in [0.15, 0.2) is 36.5 Å². The van der Waals surface area contributed by atoms with E-state index in [2.05, 4.69) is 17.2 Å². The van der Waals surface area contributed by atoms with Crippen LogP contribution in [0, 0.1) is 11.7 Å². The maximum atomic E-state index is 12.9. The van der Waals surface area contributed by atoms with Gasteiger partial charge in [0.05, 0.1) is 5.02 Å². The quantitative estimate of drug-likeness (QED) is 0.869. The number of rotatable bonds is 5. The van der Waals surface area contributed by atoms with E-state index >= 15 is 0 Å². The number of hydrogen-bond donors (Lipinski definition) is 1. The monoisotopic (exact) mass is 304 g/mol. The van der Waals surface area contributed by atoms with Gasteiger partial charge >= 0.3 is 0 Å². The number of nitrogens with zero attached hydrogens (tertiary/aromatic N) is 1. The van der Waals surface area contributed by atoms with Gasteiger partial charge in [0.2, 0.25) is 0 Å². The summed E-state index contributed by atoms with van der Waals surface area (Å²) in [4.78, 5) is 4.37. The Balaban J connectivity index is 1.59. The Labute approximate surface area is 129 Å². The molecule has 1 saturated carbocycles. The largest absolute Gasteiger partial charge is 0.370 e. The zero-order valence-electron chi connectivity index (χ0n) is 11.9. The molecule has 4 heteroatoms. The Kier molecular flexibility index (Phi) is 4.11. The Hall–Kier alpha value is -1.61. The Morgan fingerprint density at radius 1 is 1.33 bits per heavy atom. The highest BCUT2D eigenvalue weighted by molar-refractivity contribution is 6.30. The molecule has 1 aromatic carbocycles. The molecule has 1 aliphatic carbocycles. The van der Waals surface area contributed by atoms with Gasteiger partial charge in [0.15, 0.2) is 0 Å². The summed E-state index contributed by atoms with van der Waals surface area (Å²) >= 11 is 5.97. The Morgan fingerprint density at radius 2 is 2.10 bits per heavy atom. The maximum Gasteiger partial charge on any atom is 0.129 e. The molecule has 2 nitrogen and oxygen atoms in total. The summed E-state index contributed by atoms with van der Waals surface area (Å²) in [6, 6.07) is 8.80. The molecular formula is C17H18ClFN2. The van der Waals surface area contributed by atoms with E-state index in [-0.39, 0.29) is 5.82 Å². The van der Waals surface area contributed by atoms with Crippen LogP contribution in [0.1, 0.15) is 30.4 Å². The molecule has 2 unspecified atom stereocenters. The molecule has 21 heavy (non-hydrogen) atoms. The maximum absolute atomic E-state index is 12.9. The molecule has 1 aliphatic rings. The summed E-state index contributed by atoms with van der Waals surface area (Å²) in [5.74, 6) is 1.88. The van der Waals surface area contributed by atoms with Gasteiger partial charge in [0, 0.05) is 12.7 Å². The van der Waals surface area contributed by atoms with Crippen molar-refractivity contribution in [3.63, 3.8) is 0 Å². The Bertz CT molecular complexity index is 627. The zero-order chi connectivity index (χ0) is 14.8. The highest BCUT2D eigenvalue weighted by Gasteiger charge is 2.37. The molecule has 1 aromatic heterocycles. The van der Waals surface area contributed by atoms with Crippen molar-refractivity contribution >= 4 is 17.4 Å². The first-order valence-corrected chi connectivity index (χ1v) is 7.69. The van der Waals surface area contributed by atoms with Crippen LogP contribution in [-0.4, -0.2) is 11.5 Å². The van der Waals surface area contributed by atoms with Gasteiger partial charge < -0.3 is 5.32 Å². The van der Waals surface area contributed by atoms with E-state index in [0.717, 1.165) is 30.8 Å². The zero-order valence-corrected chi connectivity index (χ0v) is 12.7. The SMILES string of the molecule is CCc1cc(Cl)cnc1NCC1CC1c1ccc(F)cc1. The number of hydrogen-bond acceptors (Lipinski definition) is 2. The van der Waals surface area contributed by atoms with Gasteiger partial charge in [-0.3, -0.25) is 0 Å². The fourth-order valence-electron chi connectivity index (χ4n) is 2.73. The van der Waals surface area contributed by atoms with Gasteiger partial charge in [-0.1, -0.05) is 30.7 Å². The first-order chi connectivity index (χ1) is 10.2. The number of nitrogens with one attached hydrogen (secondary N) is 1. The second kappa shape index (κ2) is 6.02. The summed E-state index contributed by atoms with van der Waals surface area (Å²) < 4.78 is 12.9. The van der Waals surface area contributed by atoms with Crippen molar-refractivity contribution in [3.05, 3.63) is 58.5 Å². The average molecular weight is 305 g/mol. The third-order valence-electron chi connectivity index (χ3n) is 4.07. The standard InChI is InChI=1S/C17H18ClFN2/c1-2-11-7-14(18)10-21-17(11)20-9-13-8-16(13)12-3-5-15(19)6-4-12/h3-7,10,13,16H,2,8-9H2,1H3,(H,20,21). The van der Waals surface area contributed by atoms with Crippen LogP contribution in [0.5, 0.6) is 0 Å². The molecule has 0 amide bonds. The van der Waals surface area contributed by atoms with E-state index < -0.39 is 0 Å².